The number of imidazole rings is 1. The molecular weight excluding hydrogens is 222 g/mol. The molecule has 1 unspecified atom stereocenters. The fourth-order valence-corrected chi connectivity index (χ4v) is 1.90. The maximum Gasteiger partial charge on any atom is 0.283 e. The van der Waals surface area contributed by atoms with Gasteiger partial charge in [-0.25, -0.2) is 4.98 Å². The van der Waals surface area contributed by atoms with Gasteiger partial charge in [-0.1, -0.05) is 13.3 Å². The summed E-state index contributed by atoms with van der Waals surface area (Å²) in [6.45, 7) is 1.83. The zero-order valence-corrected chi connectivity index (χ0v) is 9.55. The van der Waals surface area contributed by atoms with E-state index in [1.54, 1.807) is 0 Å². The number of hydrogen-bond acceptors (Lipinski definition) is 5. The molecule has 0 aromatic carbocycles. The van der Waals surface area contributed by atoms with Crippen LogP contribution in [0.5, 0.6) is 0 Å². The summed E-state index contributed by atoms with van der Waals surface area (Å²) in [5, 5.41) is 9.31. The van der Waals surface area contributed by atoms with Crippen molar-refractivity contribution >= 4 is 17.1 Å². The summed E-state index contributed by atoms with van der Waals surface area (Å²) in [6, 6.07) is -0.346. The van der Waals surface area contributed by atoms with Crippen molar-refractivity contribution in [3.05, 3.63) is 16.7 Å². The van der Waals surface area contributed by atoms with Gasteiger partial charge in [0, 0.05) is 0 Å². The number of nitrogens with two attached hydrogens (primary N) is 1. The molecule has 0 radical (unpaired) electrons. The van der Waals surface area contributed by atoms with Crippen molar-refractivity contribution in [2.45, 2.75) is 25.8 Å². The van der Waals surface area contributed by atoms with Crippen LogP contribution in [0.4, 0.5) is 5.95 Å². The van der Waals surface area contributed by atoms with Crippen LogP contribution in [0.3, 0.4) is 0 Å². The number of hydrogen-bond donors (Lipinski definition) is 3. The first-order valence-electron chi connectivity index (χ1n) is 5.51. The second-order valence-electron chi connectivity index (χ2n) is 3.87. The maximum atomic E-state index is 12.1. The Hall–Kier alpha value is -1.89. The lowest BCUT2D eigenvalue weighted by Gasteiger charge is -2.17. The molecule has 7 nitrogen and oxygen atoms in total. The predicted octanol–water partition coefficient (Wildman–Crippen LogP) is 0.0353. The second-order valence-corrected chi connectivity index (χ2v) is 3.87. The van der Waals surface area contributed by atoms with E-state index in [2.05, 4.69) is 15.0 Å². The Bertz CT molecular complexity index is 574. The van der Waals surface area contributed by atoms with Crippen LogP contribution >= 0.6 is 0 Å². The van der Waals surface area contributed by atoms with Crippen LogP contribution in [0.15, 0.2) is 11.1 Å². The Balaban J connectivity index is 2.62. The Kier molecular flexibility index (Phi) is 3.10. The molecule has 7 heteroatoms. The third-order valence-corrected chi connectivity index (χ3v) is 2.71. The molecular formula is C10H15N5O2. The van der Waals surface area contributed by atoms with Crippen LogP contribution in [0.1, 0.15) is 25.8 Å². The van der Waals surface area contributed by atoms with Gasteiger partial charge in [-0.2, -0.15) is 4.98 Å². The maximum absolute atomic E-state index is 12.1. The van der Waals surface area contributed by atoms with Gasteiger partial charge in [0.2, 0.25) is 5.95 Å². The SMILES string of the molecule is CCCC(CO)n1c(N)nc2[nH]cnc2c1=O. The molecule has 0 aliphatic heterocycles. The van der Waals surface area contributed by atoms with Crippen LogP contribution in [0.25, 0.3) is 11.2 Å². The van der Waals surface area contributed by atoms with Gasteiger partial charge >= 0.3 is 0 Å². The van der Waals surface area contributed by atoms with Crippen molar-refractivity contribution in [2.24, 2.45) is 0 Å². The van der Waals surface area contributed by atoms with Gasteiger partial charge in [0.25, 0.3) is 5.56 Å². The molecule has 4 N–H and O–H groups in total. The molecule has 0 amide bonds. The Labute approximate surface area is 97.3 Å². The van der Waals surface area contributed by atoms with E-state index in [1.807, 2.05) is 6.92 Å². The highest BCUT2D eigenvalue weighted by molar-refractivity contribution is 5.69. The minimum absolute atomic E-state index is 0.0965. The number of aromatic nitrogens is 4. The summed E-state index contributed by atoms with van der Waals surface area (Å²) in [4.78, 5) is 22.8. The molecule has 0 saturated carbocycles. The quantitative estimate of drug-likeness (QED) is 0.695. The van der Waals surface area contributed by atoms with Gasteiger partial charge in [0.15, 0.2) is 11.2 Å². The minimum Gasteiger partial charge on any atom is -0.394 e. The van der Waals surface area contributed by atoms with Crippen molar-refractivity contribution < 1.29 is 5.11 Å². The number of nitrogens with one attached hydrogen (secondary N) is 1. The van der Waals surface area contributed by atoms with E-state index in [-0.39, 0.29) is 29.7 Å². The summed E-state index contributed by atoms with van der Waals surface area (Å²) in [5.41, 5.74) is 6.04. The zero-order valence-electron chi connectivity index (χ0n) is 9.55. The highest BCUT2D eigenvalue weighted by Gasteiger charge is 2.17. The molecule has 0 spiro atoms. The molecule has 2 aromatic rings. The molecule has 0 saturated heterocycles. The summed E-state index contributed by atoms with van der Waals surface area (Å²) in [6.07, 6.45) is 2.91. The van der Waals surface area contributed by atoms with E-state index in [1.165, 1.54) is 10.9 Å². The third kappa shape index (κ3) is 1.89. The van der Waals surface area contributed by atoms with Gasteiger partial charge in [0.05, 0.1) is 19.0 Å². The van der Waals surface area contributed by atoms with E-state index < -0.39 is 0 Å². The lowest BCUT2D eigenvalue weighted by Crippen LogP contribution is -2.30. The Morgan fingerprint density at radius 2 is 2.41 bits per heavy atom. The highest BCUT2D eigenvalue weighted by atomic mass is 16.3. The zero-order chi connectivity index (χ0) is 12.4. The van der Waals surface area contributed by atoms with Crippen LogP contribution in [0.2, 0.25) is 0 Å². The third-order valence-electron chi connectivity index (χ3n) is 2.71. The highest BCUT2D eigenvalue weighted by Crippen LogP contribution is 2.15. The van der Waals surface area contributed by atoms with E-state index in [4.69, 9.17) is 5.73 Å². The number of rotatable bonds is 4. The van der Waals surface area contributed by atoms with E-state index in [0.717, 1.165) is 6.42 Å². The molecule has 0 aliphatic rings. The Morgan fingerprint density at radius 3 is 3.06 bits per heavy atom. The smallest absolute Gasteiger partial charge is 0.283 e. The molecule has 1 atom stereocenters. The van der Waals surface area contributed by atoms with Crippen LogP contribution < -0.4 is 11.3 Å². The summed E-state index contributed by atoms with van der Waals surface area (Å²) in [7, 11) is 0. The molecule has 2 heterocycles. The fourth-order valence-electron chi connectivity index (χ4n) is 1.90. The number of aliphatic hydroxyl groups excluding tert-OH is 1. The molecule has 2 rings (SSSR count). The first kappa shape index (κ1) is 11.6. The van der Waals surface area contributed by atoms with Gasteiger partial charge in [-0.15, -0.1) is 0 Å². The molecule has 17 heavy (non-hydrogen) atoms. The standard InChI is InChI=1S/C10H15N5O2/c1-2-3-6(4-16)15-9(17)7-8(13-5-12-7)14-10(15)11/h5-6,16H,2-4H2,1H3,(H2,11,14)(H,12,13). The first-order valence-corrected chi connectivity index (χ1v) is 5.51. The lowest BCUT2D eigenvalue weighted by molar-refractivity contribution is 0.218. The van der Waals surface area contributed by atoms with Gasteiger partial charge in [0.1, 0.15) is 0 Å². The molecule has 92 valence electrons. The molecule has 0 aliphatic carbocycles. The largest absolute Gasteiger partial charge is 0.394 e. The van der Waals surface area contributed by atoms with Gasteiger partial charge in [-0.3, -0.25) is 9.36 Å². The van der Waals surface area contributed by atoms with Crippen molar-refractivity contribution in [2.75, 3.05) is 12.3 Å². The molecule has 0 fully saturated rings. The van der Waals surface area contributed by atoms with E-state index in [0.29, 0.717) is 12.1 Å². The Morgan fingerprint density at radius 1 is 1.65 bits per heavy atom. The number of anilines is 1. The van der Waals surface area contributed by atoms with Crippen molar-refractivity contribution in [1.29, 1.82) is 0 Å². The number of H-pyrrole nitrogens is 1. The van der Waals surface area contributed by atoms with Crippen LogP contribution in [0, 0.1) is 0 Å². The van der Waals surface area contributed by atoms with E-state index >= 15 is 0 Å². The monoisotopic (exact) mass is 237 g/mol. The predicted molar refractivity (Wildman–Crippen MR) is 63.6 cm³/mol. The van der Waals surface area contributed by atoms with Crippen molar-refractivity contribution in [1.82, 2.24) is 19.5 Å². The van der Waals surface area contributed by atoms with E-state index in [9.17, 15) is 9.90 Å². The second kappa shape index (κ2) is 4.54. The number of fused-ring (bicyclic) bond motifs is 1. The summed E-state index contributed by atoms with van der Waals surface area (Å²) in [5.74, 6) is 0.0965. The minimum atomic E-state index is -0.346. The average Bonchev–Trinajstić information content (AvgIpc) is 2.76. The summed E-state index contributed by atoms with van der Waals surface area (Å²) >= 11 is 0. The van der Waals surface area contributed by atoms with Crippen LogP contribution in [-0.4, -0.2) is 31.2 Å². The van der Waals surface area contributed by atoms with Crippen LogP contribution in [-0.2, 0) is 0 Å². The number of nitrogens with zero attached hydrogens (tertiary/aromatic N) is 3. The van der Waals surface area contributed by atoms with Crippen molar-refractivity contribution in [3.63, 3.8) is 0 Å². The average molecular weight is 237 g/mol. The molecule has 2 aromatic heterocycles. The number of aliphatic hydroxyl groups is 1. The number of nitrogen functional groups attached to an aromatic ring is 1. The topological polar surface area (TPSA) is 110 Å². The lowest BCUT2D eigenvalue weighted by atomic mass is 10.2. The van der Waals surface area contributed by atoms with Crippen molar-refractivity contribution in [3.8, 4) is 0 Å². The van der Waals surface area contributed by atoms with Gasteiger partial charge in [-0.05, 0) is 6.42 Å². The number of aromatic amines is 1. The first-order chi connectivity index (χ1) is 8.19. The normalized spacial score (nSPS) is 13.1. The molecule has 0 bridgehead atoms. The summed E-state index contributed by atoms with van der Waals surface area (Å²) < 4.78 is 1.31. The fraction of sp³-hybridized carbons (Fsp3) is 0.500. The van der Waals surface area contributed by atoms with Gasteiger partial charge < -0.3 is 15.8 Å².